The highest BCUT2D eigenvalue weighted by Crippen LogP contribution is 2.33. The first-order chi connectivity index (χ1) is 13.4. The summed E-state index contributed by atoms with van der Waals surface area (Å²) in [7, 11) is 0. The molecule has 6 nitrogen and oxygen atoms in total. The van der Waals surface area contributed by atoms with Crippen molar-refractivity contribution in [2.75, 3.05) is 26.2 Å². The van der Waals surface area contributed by atoms with Crippen molar-refractivity contribution in [2.45, 2.75) is 64.1 Å². The van der Waals surface area contributed by atoms with Crippen molar-refractivity contribution in [3.8, 4) is 0 Å². The van der Waals surface area contributed by atoms with Crippen LogP contribution < -0.4 is 0 Å². The lowest BCUT2D eigenvalue weighted by Crippen LogP contribution is -2.51. The van der Waals surface area contributed by atoms with Gasteiger partial charge in [-0.05, 0) is 50.1 Å². The summed E-state index contributed by atoms with van der Waals surface area (Å²) in [5.41, 5.74) is 0.380. The third kappa shape index (κ3) is 3.82. The molecule has 2 aromatic rings. The minimum Gasteiger partial charge on any atom is -0.298 e. The summed E-state index contributed by atoms with van der Waals surface area (Å²) in [6.07, 6.45) is 5.34. The molecule has 0 unspecified atom stereocenters. The predicted molar refractivity (Wildman–Crippen MR) is 106 cm³/mol. The molecule has 4 rings (SSSR count). The van der Waals surface area contributed by atoms with Crippen LogP contribution in [0.1, 0.15) is 63.9 Å². The second-order valence-electron chi connectivity index (χ2n) is 9.05. The number of hydrogen-bond acceptors (Lipinski definition) is 5. The molecule has 2 heterocycles. The molecule has 0 spiro atoms. The summed E-state index contributed by atoms with van der Waals surface area (Å²) in [5.74, 6) is 0.515. The molecule has 1 atom stereocenters. The zero-order chi connectivity index (χ0) is 19.7. The standard InChI is InChI=1S/C21H31FN6/c1-21(2,3)28-20(23-24-25-28)19(17-10-6-7-11-18(17)22)27-14-12-26(13-15-27)16-8-4-5-9-16/h6-7,10-11,16,19H,4-5,8-9,12-15H2,1-3H3/t19-/m1/s1. The Kier molecular flexibility index (Phi) is 5.47. The zero-order valence-corrected chi connectivity index (χ0v) is 17.2. The van der Waals surface area contributed by atoms with Gasteiger partial charge in [0.1, 0.15) is 11.9 Å². The number of halogens is 1. The van der Waals surface area contributed by atoms with Crippen LogP contribution in [0.25, 0.3) is 0 Å². The Morgan fingerprint density at radius 3 is 2.36 bits per heavy atom. The van der Waals surface area contributed by atoms with E-state index in [1.54, 1.807) is 6.07 Å². The Morgan fingerprint density at radius 1 is 1.04 bits per heavy atom. The van der Waals surface area contributed by atoms with Crippen LogP contribution in [-0.2, 0) is 5.54 Å². The average molecular weight is 387 g/mol. The summed E-state index contributed by atoms with van der Waals surface area (Å²) in [6.45, 7) is 10.0. The average Bonchev–Trinajstić information content (AvgIpc) is 3.36. The lowest BCUT2D eigenvalue weighted by atomic mass is 10.0. The fourth-order valence-corrected chi connectivity index (χ4v) is 4.67. The van der Waals surface area contributed by atoms with Gasteiger partial charge in [-0.3, -0.25) is 9.80 Å². The molecular formula is C21H31FN6. The largest absolute Gasteiger partial charge is 0.298 e. The molecule has 152 valence electrons. The molecule has 0 amide bonds. The summed E-state index contributed by atoms with van der Waals surface area (Å²) in [5, 5.41) is 12.5. The van der Waals surface area contributed by atoms with Gasteiger partial charge in [-0.1, -0.05) is 31.0 Å². The number of hydrogen-bond donors (Lipinski definition) is 0. The van der Waals surface area contributed by atoms with E-state index in [2.05, 4.69) is 46.1 Å². The van der Waals surface area contributed by atoms with Crippen LogP contribution in [0, 0.1) is 5.82 Å². The molecule has 0 radical (unpaired) electrons. The Labute approximate surface area is 166 Å². The molecule has 1 saturated heterocycles. The number of aromatic nitrogens is 4. The Hall–Kier alpha value is -1.86. The first-order valence-electron chi connectivity index (χ1n) is 10.5. The summed E-state index contributed by atoms with van der Waals surface area (Å²) in [6, 6.07) is 7.48. The SMILES string of the molecule is CC(C)(C)n1nnnc1[C@@H](c1ccccc1F)N1CCN(C2CCCC2)CC1. The smallest absolute Gasteiger partial charge is 0.173 e. The number of piperazine rings is 1. The third-order valence-electron chi connectivity index (χ3n) is 6.13. The van der Waals surface area contributed by atoms with Crippen molar-refractivity contribution in [1.82, 2.24) is 30.0 Å². The van der Waals surface area contributed by atoms with Crippen LogP contribution >= 0.6 is 0 Å². The van der Waals surface area contributed by atoms with Gasteiger partial charge in [-0.2, -0.15) is 0 Å². The monoisotopic (exact) mass is 386 g/mol. The van der Waals surface area contributed by atoms with Crippen molar-refractivity contribution in [2.24, 2.45) is 0 Å². The number of nitrogens with zero attached hydrogens (tertiary/aromatic N) is 6. The van der Waals surface area contributed by atoms with Gasteiger partial charge in [0.05, 0.1) is 5.54 Å². The second-order valence-corrected chi connectivity index (χ2v) is 9.05. The van der Waals surface area contributed by atoms with Crippen LogP contribution in [0.3, 0.4) is 0 Å². The third-order valence-corrected chi connectivity index (χ3v) is 6.13. The molecule has 2 fully saturated rings. The van der Waals surface area contributed by atoms with Crippen LogP contribution in [-0.4, -0.2) is 62.2 Å². The molecule has 0 bridgehead atoms. The number of rotatable bonds is 4. The van der Waals surface area contributed by atoms with Gasteiger partial charge in [0, 0.05) is 37.8 Å². The van der Waals surface area contributed by atoms with Crippen molar-refractivity contribution in [3.05, 3.63) is 41.5 Å². The lowest BCUT2D eigenvalue weighted by molar-refractivity contribution is 0.0746. The minimum atomic E-state index is -0.277. The van der Waals surface area contributed by atoms with Crippen molar-refractivity contribution in [1.29, 1.82) is 0 Å². The zero-order valence-electron chi connectivity index (χ0n) is 17.2. The second kappa shape index (κ2) is 7.87. The van der Waals surface area contributed by atoms with E-state index in [9.17, 15) is 4.39 Å². The van der Waals surface area contributed by atoms with E-state index >= 15 is 0 Å². The van der Waals surface area contributed by atoms with E-state index in [0.717, 1.165) is 32.2 Å². The van der Waals surface area contributed by atoms with Crippen LogP contribution in [0.2, 0.25) is 0 Å². The van der Waals surface area contributed by atoms with E-state index in [4.69, 9.17) is 0 Å². The minimum absolute atomic E-state index is 0.200. The normalized spacial score (nSPS) is 21.3. The van der Waals surface area contributed by atoms with Gasteiger partial charge in [0.25, 0.3) is 0 Å². The first-order valence-corrected chi connectivity index (χ1v) is 10.5. The van der Waals surface area contributed by atoms with Gasteiger partial charge in [-0.25, -0.2) is 9.07 Å². The molecule has 1 aromatic carbocycles. The van der Waals surface area contributed by atoms with Gasteiger partial charge < -0.3 is 0 Å². The quantitative estimate of drug-likeness (QED) is 0.808. The summed E-state index contributed by atoms with van der Waals surface area (Å²) >= 11 is 0. The molecule has 2 aliphatic rings. The molecule has 1 saturated carbocycles. The van der Waals surface area contributed by atoms with E-state index in [0.29, 0.717) is 11.4 Å². The van der Waals surface area contributed by atoms with Crippen molar-refractivity contribution < 1.29 is 4.39 Å². The van der Waals surface area contributed by atoms with Gasteiger partial charge >= 0.3 is 0 Å². The highest BCUT2D eigenvalue weighted by Gasteiger charge is 2.35. The molecule has 28 heavy (non-hydrogen) atoms. The fourth-order valence-electron chi connectivity index (χ4n) is 4.67. The Morgan fingerprint density at radius 2 is 1.71 bits per heavy atom. The van der Waals surface area contributed by atoms with Gasteiger partial charge in [-0.15, -0.1) is 5.10 Å². The molecule has 7 heteroatoms. The maximum atomic E-state index is 14.8. The van der Waals surface area contributed by atoms with Crippen LogP contribution in [0.5, 0.6) is 0 Å². The highest BCUT2D eigenvalue weighted by atomic mass is 19.1. The van der Waals surface area contributed by atoms with Crippen LogP contribution in [0.15, 0.2) is 24.3 Å². The first kappa shape index (κ1) is 19.5. The van der Waals surface area contributed by atoms with Gasteiger partial charge in [0.15, 0.2) is 5.82 Å². The lowest BCUT2D eigenvalue weighted by Gasteiger charge is -2.41. The number of tetrazole rings is 1. The van der Waals surface area contributed by atoms with E-state index in [-0.39, 0.29) is 17.4 Å². The predicted octanol–water partition coefficient (Wildman–Crippen LogP) is 3.22. The topological polar surface area (TPSA) is 50.1 Å². The van der Waals surface area contributed by atoms with Gasteiger partial charge in [0.2, 0.25) is 0 Å². The maximum Gasteiger partial charge on any atom is 0.173 e. The molecule has 0 N–H and O–H groups in total. The summed E-state index contributed by atoms with van der Waals surface area (Å²) in [4.78, 5) is 4.96. The van der Waals surface area contributed by atoms with Crippen LogP contribution in [0.4, 0.5) is 4.39 Å². The van der Waals surface area contributed by atoms with E-state index in [1.807, 2.05) is 16.8 Å². The van der Waals surface area contributed by atoms with E-state index < -0.39 is 0 Å². The summed E-state index contributed by atoms with van der Waals surface area (Å²) < 4.78 is 16.7. The fraction of sp³-hybridized carbons (Fsp3) is 0.667. The maximum absolute atomic E-state index is 14.8. The van der Waals surface area contributed by atoms with Crippen molar-refractivity contribution >= 4 is 0 Å². The Bertz CT molecular complexity index is 784. The van der Waals surface area contributed by atoms with E-state index in [1.165, 1.54) is 31.7 Å². The molecule has 1 aliphatic heterocycles. The molecular weight excluding hydrogens is 355 g/mol. The van der Waals surface area contributed by atoms with Crippen molar-refractivity contribution in [3.63, 3.8) is 0 Å². The Balaban J connectivity index is 1.64. The number of benzene rings is 1. The molecule has 1 aliphatic carbocycles. The highest BCUT2D eigenvalue weighted by molar-refractivity contribution is 5.27. The molecule has 1 aromatic heterocycles.